The van der Waals surface area contributed by atoms with E-state index < -0.39 is 0 Å². The first-order valence-corrected chi connectivity index (χ1v) is 8.51. The molecule has 3 fully saturated rings. The summed E-state index contributed by atoms with van der Waals surface area (Å²) in [6.07, 6.45) is 7.26. The van der Waals surface area contributed by atoms with Gasteiger partial charge in [0.25, 0.3) is 0 Å². The molecule has 0 spiro atoms. The number of nitrogens with zero attached hydrogens (tertiary/aromatic N) is 1. The Hall–Kier alpha value is -1.02. The predicted molar refractivity (Wildman–Crippen MR) is 82.0 cm³/mol. The molecule has 2 heteroatoms. The summed E-state index contributed by atoms with van der Waals surface area (Å²) in [6, 6.07) is 10.5. The van der Waals surface area contributed by atoms with Crippen LogP contribution in [0, 0.1) is 11.8 Å². The lowest BCUT2D eigenvalue weighted by Crippen LogP contribution is -2.51. The first-order chi connectivity index (χ1) is 9.92. The molecule has 2 saturated heterocycles. The number of benzene rings is 1. The van der Waals surface area contributed by atoms with Gasteiger partial charge in [0.1, 0.15) is 0 Å². The number of fused-ring (bicyclic) bond motifs is 7. The summed E-state index contributed by atoms with van der Waals surface area (Å²) in [5, 5.41) is 3.90. The highest BCUT2D eigenvalue weighted by molar-refractivity contribution is 5.60. The van der Waals surface area contributed by atoms with E-state index in [0.717, 1.165) is 23.8 Å². The van der Waals surface area contributed by atoms with Crippen LogP contribution in [0.4, 0.5) is 5.69 Å². The van der Waals surface area contributed by atoms with Gasteiger partial charge in [0.2, 0.25) is 0 Å². The van der Waals surface area contributed by atoms with Crippen LogP contribution in [0.2, 0.25) is 0 Å². The summed E-state index contributed by atoms with van der Waals surface area (Å²) in [5.41, 5.74) is 3.01. The topological polar surface area (TPSA) is 15.3 Å². The maximum atomic E-state index is 3.90. The molecule has 5 atom stereocenters. The molecule has 4 aliphatic rings. The fraction of sp³-hybridized carbons (Fsp3) is 0.667. The van der Waals surface area contributed by atoms with Crippen molar-refractivity contribution in [2.45, 2.75) is 50.1 Å². The van der Waals surface area contributed by atoms with Crippen molar-refractivity contribution in [2.24, 2.45) is 11.8 Å². The van der Waals surface area contributed by atoms with Gasteiger partial charge in [-0.1, -0.05) is 31.0 Å². The third-order valence-corrected chi connectivity index (χ3v) is 6.51. The van der Waals surface area contributed by atoms with Gasteiger partial charge in [0.15, 0.2) is 0 Å². The molecule has 1 aliphatic carbocycles. The summed E-state index contributed by atoms with van der Waals surface area (Å²) in [4.78, 5) is 2.83. The largest absolute Gasteiger partial charge is 0.380 e. The molecule has 20 heavy (non-hydrogen) atoms. The minimum atomic E-state index is 0.689. The highest BCUT2D eigenvalue weighted by atomic mass is 15.2. The van der Waals surface area contributed by atoms with E-state index >= 15 is 0 Å². The molecule has 106 valence electrons. The number of hydrogen-bond donors (Lipinski definition) is 1. The van der Waals surface area contributed by atoms with Gasteiger partial charge in [-0.15, -0.1) is 0 Å². The first-order valence-electron chi connectivity index (χ1n) is 8.51. The van der Waals surface area contributed by atoms with Gasteiger partial charge < -0.3 is 5.32 Å². The predicted octanol–water partition coefficient (Wildman–Crippen LogP) is 3.46. The van der Waals surface area contributed by atoms with Crippen molar-refractivity contribution in [1.29, 1.82) is 0 Å². The molecule has 0 aromatic heterocycles. The number of rotatable bonds is 0. The average Bonchev–Trinajstić information content (AvgIpc) is 3.04. The van der Waals surface area contributed by atoms with Crippen LogP contribution in [-0.2, 0) is 0 Å². The molecule has 0 amide bonds. The summed E-state index contributed by atoms with van der Waals surface area (Å²) in [6.45, 7) is 2.71. The molecule has 0 radical (unpaired) electrons. The van der Waals surface area contributed by atoms with Gasteiger partial charge in [-0.3, -0.25) is 4.90 Å². The number of para-hydroxylation sites is 1. The normalized spacial score (nSPS) is 42.3. The van der Waals surface area contributed by atoms with Gasteiger partial charge in [-0.2, -0.15) is 0 Å². The Morgan fingerprint density at radius 2 is 1.95 bits per heavy atom. The molecule has 3 heterocycles. The van der Waals surface area contributed by atoms with Crippen molar-refractivity contribution < 1.29 is 0 Å². The highest BCUT2D eigenvalue weighted by Gasteiger charge is 2.52. The van der Waals surface area contributed by atoms with Crippen LogP contribution in [0.5, 0.6) is 0 Å². The van der Waals surface area contributed by atoms with Crippen molar-refractivity contribution in [1.82, 2.24) is 4.90 Å². The fourth-order valence-electron chi connectivity index (χ4n) is 5.73. The standard InChI is InChI=1S/C18H24N2/c1-2-6-13-12(5-1)11-20-10-9-15-14-7-3-4-8-16(14)19-17(15)18(13)20/h3-4,7-8,12-13,15,17-19H,1-2,5-6,9-11H2/t12-,13+,15+,17+,18-/m0/s1. The molecule has 1 aromatic rings. The van der Waals surface area contributed by atoms with E-state index in [9.17, 15) is 0 Å². The zero-order chi connectivity index (χ0) is 13.1. The second-order valence-electron chi connectivity index (χ2n) is 7.35. The molecule has 1 aromatic carbocycles. The number of hydrogen-bond acceptors (Lipinski definition) is 2. The van der Waals surface area contributed by atoms with Crippen LogP contribution in [0.15, 0.2) is 24.3 Å². The van der Waals surface area contributed by atoms with Gasteiger partial charge in [0.05, 0.1) is 0 Å². The Labute approximate surface area is 121 Å². The summed E-state index contributed by atoms with van der Waals surface area (Å²) in [5.74, 6) is 2.74. The second-order valence-corrected chi connectivity index (χ2v) is 7.35. The lowest BCUT2D eigenvalue weighted by Gasteiger charge is -2.42. The Balaban J connectivity index is 1.51. The van der Waals surface area contributed by atoms with Crippen LogP contribution >= 0.6 is 0 Å². The Morgan fingerprint density at radius 1 is 1.05 bits per heavy atom. The minimum Gasteiger partial charge on any atom is -0.380 e. The maximum absolute atomic E-state index is 3.90. The average molecular weight is 268 g/mol. The van der Waals surface area contributed by atoms with E-state index in [-0.39, 0.29) is 0 Å². The van der Waals surface area contributed by atoms with Crippen LogP contribution in [0.25, 0.3) is 0 Å². The van der Waals surface area contributed by atoms with E-state index in [0.29, 0.717) is 6.04 Å². The fourth-order valence-corrected chi connectivity index (χ4v) is 5.73. The van der Waals surface area contributed by atoms with Gasteiger partial charge in [-0.25, -0.2) is 0 Å². The molecule has 5 rings (SSSR count). The lowest BCUT2D eigenvalue weighted by atomic mass is 9.73. The summed E-state index contributed by atoms with van der Waals surface area (Å²) < 4.78 is 0. The highest BCUT2D eigenvalue weighted by Crippen LogP contribution is 2.50. The number of anilines is 1. The number of nitrogens with one attached hydrogen (secondary N) is 1. The minimum absolute atomic E-state index is 0.689. The van der Waals surface area contributed by atoms with Gasteiger partial charge >= 0.3 is 0 Å². The van der Waals surface area contributed by atoms with Gasteiger partial charge in [0, 0.05) is 30.2 Å². The van der Waals surface area contributed by atoms with Crippen molar-refractivity contribution in [3.8, 4) is 0 Å². The van der Waals surface area contributed by atoms with Crippen molar-refractivity contribution in [3.05, 3.63) is 29.8 Å². The van der Waals surface area contributed by atoms with Crippen LogP contribution < -0.4 is 5.32 Å². The number of piperidine rings is 1. The third kappa shape index (κ3) is 1.49. The van der Waals surface area contributed by atoms with E-state index in [2.05, 4.69) is 34.5 Å². The quantitative estimate of drug-likeness (QED) is 0.775. The molecular weight excluding hydrogens is 244 g/mol. The molecule has 0 unspecified atom stereocenters. The summed E-state index contributed by atoms with van der Waals surface area (Å²) >= 11 is 0. The van der Waals surface area contributed by atoms with E-state index in [1.54, 1.807) is 5.56 Å². The Morgan fingerprint density at radius 3 is 2.95 bits per heavy atom. The maximum Gasteiger partial charge on any atom is 0.0489 e. The molecule has 1 N–H and O–H groups in total. The Kier molecular flexibility index (Phi) is 2.46. The van der Waals surface area contributed by atoms with Crippen LogP contribution in [-0.4, -0.2) is 30.1 Å². The van der Waals surface area contributed by atoms with Crippen LogP contribution in [0.1, 0.15) is 43.6 Å². The van der Waals surface area contributed by atoms with E-state index in [1.165, 1.54) is 50.9 Å². The SMILES string of the molecule is c1ccc2c(c1)N[C@H]1[C@@H]3[C@@H]4CCCC[C@H]4CN3CC[C@H]21. The van der Waals surface area contributed by atoms with E-state index in [4.69, 9.17) is 0 Å². The van der Waals surface area contributed by atoms with Crippen molar-refractivity contribution in [3.63, 3.8) is 0 Å². The Bertz CT molecular complexity index is 526. The van der Waals surface area contributed by atoms with Gasteiger partial charge in [-0.05, 0) is 49.3 Å². The zero-order valence-electron chi connectivity index (χ0n) is 12.1. The molecule has 1 saturated carbocycles. The second kappa shape index (κ2) is 4.24. The molecular formula is C18H24N2. The first kappa shape index (κ1) is 11.6. The monoisotopic (exact) mass is 268 g/mol. The zero-order valence-corrected chi connectivity index (χ0v) is 12.1. The van der Waals surface area contributed by atoms with Crippen LogP contribution in [0.3, 0.4) is 0 Å². The summed E-state index contributed by atoms with van der Waals surface area (Å²) in [7, 11) is 0. The van der Waals surface area contributed by atoms with Crippen molar-refractivity contribution >= 4 is 5.69 Å². The van der Waals surface area contributed by atoms with Crippen molar-refractivity contribution in [2.75, 3.05) is 18.4 Å². The third-order valence-electron chi connectivity index (χ3n) is 6.51. The molecule has 3 aliphatic heterocycles. The molecule has 2 nitrogen and oxygen atoms in total. The smallest absolute Gasteiger partial charge is 0.0489 e. The lowest BCUT2D eigenvalue weighted by molar-refractivity contribution is 0.138. The van der Waals surface area contributed by atoms with E-state index in [1.807, 2.05) is 0 Å². The molecule has 0 bridgehead atoms.